The standard InChI is InChI=1S/C21H16Cl2FN3O3/c1-30-21(29)11-6-7-12(15(24)10-11)18-13-4-2-3-5-16(13)27(26-18)20(28)17-14(22)8-9-25-19(17)23/h6-10H,2-5H2,1H3. The van der Waals surface area contributed by atoms with E-state index in [1.807, 2.05) is 0 Å². The van der Waals surface area contributed by atoms with Crippen LogP contribution in [0.2, 0.25) is 10.2 Å². The van der Waals surface area contributed by atoms with E-state index in [9.17, 15) is 14.0 Å². The summed E-state index contributed by atoms with van der Waals surface area (Å²) in [5, 5.41) is 4.58. The van der Waals surface area contributed by atoms with Crippen molar-refractivity contribution in [3.05, 3.63) is 68.8 Å². The molecule has 0 fully saturated rings. The van der Waals surface area contributed by atoms with Crippen LogP contribution in [0.4, 0.5) is 4.39 Å². The van der Waals surface area contributed by atoms with Crippen LogP contribution in [-0.2, 0) is 17.6 Å². The van der Waals surface area contributed by atoms with Gasteiger partial charge in [-0.25, -0.2) is 14.2 Å². The van der Waals surface area contributed by atoms with Crippen LogP contribution in [0.15, 0.2) is 30.5 Å². The van der Waals surface area contributed by atoms with Crippen molar-refractivity contribution >= 4 is 35.1 Å². The molecule has 30 heavy (non-hydrogen) atoms. The van der Waals surface area contributed by atoms with Crippen LogP contribution in [0.5, 0.6) is 0 Å². The van der Waals surface area contributed by atoms with E-state index in [2.05, 4.69) is 14.8 Å². The molecule has 154 valence electrons. The Bertz CT molecular complexity index is 1160. The predicted octanol–water partition coefficient (Wildman–Crippen LogP) is 4.74. The second-order valence-electron chi connectivity index (χ2n) is 6.84. The second kappa shape index (κ2) is 8.16. The summed E-state index contributed by atoms with van der Waals surface area (Å²) in [7, 11) is 1.23. The monoisotopic (exact) mass is 447 g/mol. The van der Waals surface area contributed by atoms with Gasteiger partial charge >= 0.3 is 5.97 Å². The van der Waals surface area contributed by atoms with Crippen molar-refractivity contribution in [2.24, 2.45) is 0 Å². The summed E-state index contributed by atoms with van der Waals surface area (Å²) in [5.41, 5.74) is 2.21. The predicted molar refractivity (Wildman–Crippen MR) is 110 cm³/mol. The number of rotatable bonds is 3. The maximum atomic E-state index is 14.9. The highest BCUT2D eigenvalue weighted by molar-refractivity contribution is 6.39. The van der Waals surface area contributed by atoms with Gasteiger partial charge in [0, 0.05) is 17.3 Å². The van der Waals surface area contributed by atoms with Crippen molar-refractivity contribution in [1.29, 1.82) is 0 Å². The highest BCUT2D eigenvalue weighted by Crippen LogP contribution is 2.34. The van der Waals surface area contributed by atoms with E-state index in [4.69, 9.17) is 23.2 Å². The molecule has 0 aliphatic heterocycles. The first-order valence-electron chi connectivity index (χ1n) is 9.26. The van der Waals surface area contributed by atoms with Crippen LogP contribution in [0.3, 0.4) is 0 Å². The molecular weight excluding hydrogens is 432 g/mol. The van der Waals surface area contributed by atoms with Crippen molar-refractivity contribution in [2.75, 3.05) is 7.11 Å². The summed E-state index contributed by atoms with van der Waals surface area (Å²) >= 11 is 12.3. The maximum absolute atomic E-state index is 14.9. The minimum absolute atomic E-state index is 0.0253. The minimum Gasteiger partial charge on any atom is -0.465 e. The van der Waals surface area contributed by atoms with Gasteiger partial charge in [0.05, 0.1) is 34.6 Å². The molecule has 0 amide bonds. The van der Waals surface area contributed by atoms with Crippen LogP contribution in [0.1, 0.15) is 44.8 Å². The van der Waals surface area contributed by atoms with E-state index < -0.39 is 17.7 Å². The van der Waals surface area contributed by atoms with Gasteiger partial charge < -0.3 is 4.74 Å². The van der Waals surface area contributed by atoms with Gasteiger partial charge in [0.25, 0.3) is 5.91 Å². The maximum Gasteiger partial charge on any atom is 0.337 e. The number of carbonyl (C=O) groups is 2. The molecule has 1 aliphatic rings. The molecule has 0 saturated carbocycles. The molecule has 9 heteroatoms. The van der Waals surface area contributed by atoms with Crippen LogP contribution in [0, 0.1) is 5.82 Å². The van der Waals surface area contributed by atoms with Gasteiger partial charge in [0.2, 0.25) is 0 Å². The Labute approximate surface area is 181 Å². The number of hydrogen-bond donors (Lipinski definition) is 0. The number of halogens is 3. The van der Waals surface area contributed by atoms with Gasteiger partial charge in [-0.15, -0.1) is 0 Å². The zero-order valence-electron chi connectivity index (χ0n) is 15.9. The third-order valence-corrected chi connectivity index (χ3v) is 5.69. The zero-order valence-corrected chi connectivity index (χ0v) is 17.4. The average Bonchev–Trinajstić information content (AvgIpc) is 3.12. The Kier molecular flexibility index (Phi) is 5.58. The Balaban J connectivity index is 1.85. The van der Waals surface area contributed by atoms with E-state index in [1.54, 1.807) is 0 Å². The average molecular weight is 448 g/mol. The lowest BCUT2D eigenvalue weighted by atomic mass is 9.93. The van der Waals surface area contributed by atoms with Crippen molar-refractivity contribution in [1.82, 2.24) is 14.8 Å². The first-order chi connectivity index (χ1) is 14.4. The fraction of sp³-hybridized carbons (Fsp3) is 0.238. The quantitative estimate of drug-likeness (QED) is 0.427. The lowest BCUT2D eigenvalue weighted by Crippen LogP contribution is -2.19. The largest absolute Gasteiger partial charge is 0.465 e. The molecule has 0 atom stereocenters. The molecule has 0 N–H and O–H groups in total. The smallest absolute Gasteiger partial charge is 0.337 e. The molecule has 0 saturated heterocycles. The van der Waals surface area contributed by atoms with Gasteiger partial charge in [0.15, 0.2) is 0 Å². The Morgan fingerprint density at radius 1 is 1.17 bits per heavy atom. The molecular formula is C21H16Cl2FN3O3. The summed E-state index contributed by atoms with van der Waals surface area (Å²) in [6.45, 7) is 0. The first-order valence-corrected chi connectivity index (χ1v) is 10.0. The summed E-state index contributed by atoms with van der Waals surface area (Å²) in [5.74, 6) is -1.78. The molecule has 2 heterocycles. The van der Waals surface area contributed by atoms with Crippen LogP contribution in [-0.4, -0.2) is 33.8 Å². The minimum atomic E-state index is -0.635. The molecule has 0 radical (unpaired) electrons. The van der Waals surface area contributed by atoms with Crippen molar-refractivity contribution in [3.8, 4) is 11.3 Å². The zero-order chi connectivity index (χ0) is 21.4. The Hall–Kier alpha value is -2.77. The molecule has 0 spiro atoms. The van der Waals surface area contributed by atoms with E-state index in [-0.39, 0.29) is 26.9 Å². The second-order valence-corrected chi connectivity index (χ2v) is 7.61. The summed E-state index contributed by atoms with van der Waals surface area (Å²) < 4.78 is 20.7. The SMILES string of the molecule is COC(=O)c1ccc(-c2nn(C(=O)c3c(Cl)ccnc3Cl)c3c2CCCC3)c(F)c1. The topological polar surface area (TPSA) is 74.1 Å². The number of aromatic nitrogens is 3. The van der Waals surface area contributed by atoms with E-state index in [1.165, 1.54) is 36.2 Å². The van der Waals surface area contributed by atoms with Crippen LogP contribution >= 0.6 is 23.2 Å². The van der Waals surface area contributed by atoms with E-state index >= 15 is 0 Å². The van der Waals surface area contributed by atoms with Gasteiger partial charge in [-0.2, -0.15) is 9.78 Å². The number of carbonyl (C=O) groups excluding carboxylic acids is 2. The summed E-state index contributed by atoms with van der Waals surface area (Å²) in [4.78, 5) is 28.8. The number of fused-ring (bicyclic) bond motifs is 1. The van der Waals surface area contributed by atoms with Gasteiger partial charge in [-0.3, -0.25) is 4.79 Å². The lowest BCUT2D eigenvalue weighted by molar-refractivity contribution is 0.0600. The summed E-state index contributed by atoms with van der Waals surface area (Å²) in [6, 6.07) is 5.52. The van der Waals surface area contributed by atoms with Gasteiger partial charge in [-0.05, 0) is 49.9 Å². The third-order valence-electron chi connectivity index (χ3n) is 5.09. The van der Waals surface area contributed by atoms with E-state index in [0.717, 1.165) is 24.5 Å². The molecule has 0 bridgehead atoms. The van der Waals surface area contributed by atoms with Crippen molar-refractivity contribution in [3.63, 3.8) is 0 Å². The number of methoxy groups -OCH3 is 1. The first kappa shape index (κ1) is 20.5. The lowest BCUT2D eigenvalue weighted by Gasteiger charge is -2.14. The van der Waals surface area contributed by atoms with Gasteiger partial charge in [-0.1, -0.05) is 23.2 Å². The number of pyridine rings is 1. The summed E-state index contributed by atoms with van der Waals surface area (Å²) in [6.07, 6.45) is 4.46. The fourth-order valence-electron chi connectivity index (χ4n) is 3.65. The number of hydrogen-bond acceptors (Lipinski definition) is 5. The molecule has 1 aromatic carbocycles. The number of ether oxygens (including phenoxy) is 1. The molecule has 3 aromatic rings. The van der Waals surface area contributed by atoms with Gasteiger partial charge in [0.1, 0.15) is 11.0 Å². The molecule has 4 rings (SSSR count). The third kappa shape index (κ3) is 3.48. The Morgan fingerprint density at radius 3 is 2.63 bits per heavy atom. The highest BCUT2D eigenvalue weighted by Gasteiger charge is 2.29. The molecule has 6 nitrogen and oxygen atoms in total. The Morgan fingerprint density at radius 2 is 1.93 bits per heavy atom. The number of nitrogens with zero attached hydrogens (tertiary/aromatic N) is 3. The molecule has 0 unspecified atom stereocenters. The highest BCUT2D eigenvalue weighted by atomic mass is 35.5. The van der Waals surface area contributed by atoms with Crippen LogP contribution in [0.25, 0.3) is 11.3 Å². The molecule has 2 aromatic heterocycles. The fourth-order valence-corrected chi connectivity index (χ4v) is 4.16. The number of esters is 1. The van der Waals surface area contributed by atoms with E-state index in [0.29, 0.717) is 24.2 Å². The normalized spacial score (nSPS) is 13.1. The van der Waals surface area contributed by atoms with Crippen molar-refractivity contribution < 1.29 is 18.7 Å². The van der Waals surface area contributed by atoms with Crippen molar-refractivity contribution in [2.45, 2.75) is 25.7 Å². The number of benzene rings is 1. The van der Waals surface area contributed by atoms with Crippen LogP contribution < -0.4 is 0 Å². The molecule has 1 aliphatic carbocycles.